The number of amides is 1. The lowest BCUT2D eigenvalue weighted by Crippen LogP contribution is -2.52. The largest absolute Gasteiger partial charge is 0.345 e. The maximum atomic E-state index is 12.1. The normalized spacial score (nSPS) is 18.3. The fourth-order valence-electron chi connectivity index (χ4n) is 2.78. The number of benzene rings is 1. The van der Waals surface area contributed by atoms with E-state index in [4.69, 9.17) is 12.2 Å². The summed E-state index contributed by atoms with van der Waals surface area (Å²) in [6.07, 6.45) is 2.15. The SMILES string of the molecule is Cc1ccc(C)c(NC(=S)N2CCN(C(=O)C3CC3)CC2)c1. The molecule has 1 saturated carbocycles. The van der Waals surface area contributed by atoms with Crippen molar-refractivity contribution in [1.82, 2.24) is 9.80 Å². The quantitative estimate of drug-likeness (QED) is 0.851. The van der Waals surface area contributed by atoms with E-state index in [0.717, 1.165) is 49.8 Å². The smallest absolute Gasteiger partial charge is 0.225 e. The number of thiocarbonyl (C=S) groups is 1. The van der Waals surface area contributed by atoms with Crippen LogP contribution in [0.3, 0.4) is 0 Å². The van der Waals surface area contributed by atoms with Crippen LogP contribution in [-0.4, -0.2) is 47.0 Å². The van der Waals surface area contributed by atoms with Crippen LogP contribution >= 0.6 is 12.2 Å². The minimum absolute atomic E-state index is 0.312. The first kappa shape index (κ1) is 15.3. The van der Waals surface area contributed by atoms with Crippen molar-refractivity contribution in [1.29, 1.82) is 0 Å². The van der Waals surface area contributed by atoms with Crippen LogP contribution in [0.4, 0.5) is 5.69 Å². The maximum Gasteiger partial charge on any atom is 0.225 e. The summed E-state index contributed by atoms with van der Waals surface area (Å²) >= 11 is 5.54. The summed E-state index contributed by atoms with van der Waals surface area (Å²) < 4.78 is 0. The Balaban J connectivity index is 1.55. The van der Waals surface area contributed by atoms with E-state index < -0.39 is 0 Å². The van der Waals surface area contributed by atoms with Gasteiger partial charge in [0.1, 0.15) is 0 Å². The predicted molar refractivity (Wildman–Crippen MR) is 93.0 cm³/mol. The first-order chi connectivity index (χ1) is 10.5. The second-order valence-corrected chi connectivity index (χ2v) is 6.72. The molecule has 0 radical (unpaired) electrons. The minimum Gasteiger partial charge on any atom is -0.345 e. The third kappa shape index (κ3) is 3.40. The van der Waals surface area contributed by atoms with Gasteiger partial charge >= 0.3 is 0 Å². The molecule has 0 spiro atoms. The Morgan fingerprint density at radius 1 is 1.14 bits per heavy atom. The highest BCUT2D eigenvalue weighted by atomic mass is 32.1. The molecular formula is C17H23N3OS. The molecule has 0 bridgehead atoms. The van der Waals surface area contributed by atoms with E-state index in [-0.39, 0.29) is 0 Å². The van der Waals surface area contributed by atoms with Gasteiger partial charge < -0.3 is 15.1 Å². The molecule has 118 valence electrons. The number of nitrogens with one attached hydrogen (secondary N) is 1. The van der Waals surface area contributed by atoms with Crippen molar-refractivity contribution in [3.05, 3.63) is 29.3 Å². The van der Waals surface area contributed by atoms with Crippen molar-refractivity contribution in [2.24, 2.45) is 5.92 Å². The highest BCUT2D eigenvalue weighted by Gasteiger charge is 2.34. The topological polar surface area (TPSA) is 35.6 Å². The summed E-state index contributed by atoms with van der Waals surface area (Å²) in [5, 5.41) is 4.11. The van der Waals surface area contributed by atoms with E-state index in [0.29, 0.717) is 11.8 Å². The van der Waals surface area contributed by atoms with Gasteiger partial charge in [0.15, 0.2) is 5.11 Å². The predicted octanol–water partition coefficient (Wildman–Crippen LogP) is 2.55. The zero-order valence-corrected chi connectivity index (χ0v) is 14.1. The van der Waals surface area contributed by atoms with Crippen molar-refractivity contribution in [3.8, 4) is 0 Å². The molecule has 1 aliphatic heterocycles. The monoisotopic (exact) mass is 317 g/mol. The molecule has 0 aromatic heterocycles. The molecule has 2 aliphatic rings. The number of carbonyl (C=O) groups is 1. The number of aryl methyl sites for hydroxylation is 2. The first-order valence-corrected chi connectivity index (χ1v) is 8.37. The number of carbonyl (C=O) groups excluding carboxylic acids is 1. The van der Waals surface area contributed by atoms with E-state index in [1.807, 2.05) is 4.90 Å². The second kappa shape index (κ2) is 6.24. The van der Waals surface area contributed by atoms with Crippen LogP contribution in [0, 0.1) is 19.8 Å². The molecule has 4 nitrogen and oxygen atoms in total. The Hall–Kier alpha value is -1.62. The molecule has 0 atom stereocenters. The second-order valence-electron chi connectivity index (χ2n) is 6.34. The standard InChI is InChI=1S/C17H23N3OS/c1-12-3-4-13(2)15(11-12)18-17(22)20-9-7-19(8-10-20)16(21)14-5-6-14/h3-4,11,14H,5-10H2,1-2H3,(H,18,22). The molecule has 0 unspecified atom stereocenters. The van der Waals surface area contributed by atoms with Crippen molar-refractivity contribution in [2.75, 3.05) is 31.5 Å². The fourth-order valence-corrected chi connectivity index (χ4v) is 3.08. The summed E-state index contributed by atoms with van der Waals surface area (Å²) in [4.78, 5) is 16.2. The Morgan fingerprint density at radius 2 is 1.77 bits per heavy atom. The number of anilines is 1. The molecule has 3 rings (SSSR count). The maximum absolute atomic E-state index is 12.1. The van der Waals surface area contributed by atoms with Gasteiger partial charge in [0.25, 0.3) is 0 Å². The third-order valence-corrected chi connectivity index (χ3v) is 4.80. The zero-order valence-electron chi connectivity index (χ0n) is 13.3. The molecule has 1 aromatic rings. The van der Waals surface area contributed by atoms with E-state index in [2.05, 4.69) is 42.3 Å². The van der Waals surface area contributed by atoms with Gasteiger partial charge in [0, 0.05) is 37.8 Å². The van der Waals surface area contributed by atoms with Gasteiger partial charge in [-0.15, -0.1) is 0 Å². The van der Waals surface area contributed by atoms with Crippen molar-refractivity contribution >= 4 is 28.9 Å². The van der Waals surface area contributed by atoms with Crippen molar-refractivity contribution < 1.29 is 4.79 Å². The van der Waals surface area contributed by atoms with Crippen molar-refractivity contribution in [3.63, 3.8) is 0 Å². The fraction of sp³-hybridized carbons (Fsp3) is 0.529. The van der Waals surface area contributed by atoms with Gasteiger partial charge in [-0.3, -0.25) is 4.79 Å². The Bertz CT molecular complexity index is 590. The van der Waals surface area contributed by atoms with Crippen LogP contribution in [-0.2, 0) is 4.79 Å². The molecule has 1 heterocycles. The number of nitrogens with zero attached hydrogens (tertiary/aromatic N) is 2. The van der Waals surface area contributed by atoms with Crippen LogP contribution in [0.2, 0.25) is 0 Å². The summed E-state index contributed by atoms with van der Waals surface area (Å²) in [5.41, 5.74) is 3.48. The van der Waals surface area contributed by atoms with Gasteiger partial charge in [-0.25, -0.2) is 0 Å². The molecule has 5 heteroatoms. The Morgan fingerprint density at radius 3 is 2.41 bits per heavy atom. The van der Waals surface area contributed by atoms with Crippen LogP contribution < -0.4 is 5.32 Å². The highest BCUT2D eigenvalue weighted by Crippen LogP contribution is 2.31. The number of hydrogen-bond donors (Lipinski definition) is 1. The van der Waals surface area contributed by atoms with Crippen molar-refractivity contribution in [2.45, 2.75) is 26.7 Å². The lowest BCUT2D eigenvalue weighted by molar-refractivity contribution is -0.133. The molecular weight excluding hydrogens is 294 g/mol. The average molecular weight is 317 g/mol. The van der Waals surface area contributed by atoms with E-state index >= 15 is 0 Å². The Labute approximate surface area is 137 Å². The first-order valence-electron chi connectivity index (χ1n) is 7.96. The van der Waals surface area contributed by atoms with E-state index in [1.54, 1.807) is 0 Å². The number of piperazine rings is 1. The highest BCUT2D eigenvalue weighted by molar-refractivity contribution is 7.80. The van der Waals surface area contributed by atoms with Gasteiger partial charge in [-0.05, 0) is 56.1 Å². The molecule has 1 amide bonds. The number of hydrogen-bond acceptors (Lipinski definition) is 2. The third-order valence-electron chi connectivity index (χ3n) is 4.44. The van der Waals surface area contributed by atoms with Gasteiger partial charge in [-0.1, -0.05) is 12.1 Å². The van der Waals surface area contributed by atoms with Gasteiger partial charge in [-0.2, -0.15) is 0 Å². The molecule has 22 heavy (non-hydrogen) atoms. The Kier molecular flexibility index (Phi) is 4.34. The number of rotatable bonds is 2. The van der Waals surface area contributed by atoms with Crippen LogP contribution in [0.25, 0.3) is 0 Å². The van der Waals surface area contributed by atoms with Crippen LogP contribution in [0.1, 0.15) is 24.0 Å². The zero-order chi connectivity index (χ0) is 15.7. The summed E-state index contributed by atoms with van der Waals surface area (Å²) in [6, 6.07) is 6.33. The molecule has 2 fully saturated rings. The van der Waals surface area contributed by atoms with E-state index in [1.165, 1.54) is 11.1 Å². The summed E-state index contributed by atoms with van der Waals surface area (Å²) in [5.74, 6) is 0.652. The molecule has 1 aromatic carbocycles. The average Bonchev–Trinajstić information content (AvgIpc) is 3.35. The molecule has 1 aliphatic carbocycles. The van der Waals surface area contributed by atoms with Gasteiger partial charge in [0.2, 0.25) is 5.91 Å². The van der Waals surface area contributed by atoms with E-state index in [9.17, 15) is 4.79 Å². The van der Waals surface area contributed by atoms with Crippen LogP contribution in [0.15, 0.2) is 18.2 Å². The minimum atomic E-state index is 0.312. The lowest BCUT2D eigenvalue weighted by Gasteiger charge is -2.36. The molecule has 1 saturated heterocycles. The van der Waals surface area contributed by atoms with Gasteiger partial charge in [0.05, 0.1) is 0 Å². The summed E-state index contributed by atoms with van der Waals surface area (Å²) in [7, 11) is 0. The summed E-state index contributed by atoms with van der Waals surface area (Å²) in [6.45, 7) is 7.35. The van der Waals surface area contributed by atoms with Crippen LogP contribution in [0.5, 0.6) is 0 Å². The molecule has 1 N–H and O–H groups in total. The lowest BCUT2D eigenvalue weighted by atomic mass is 10.1.